The smallest absolute Gasteiger partial charge is 0.262 e. The molecule has 1 aliphatic rings. The summed E-state index contributed by atoms with van der Waals surface area (Å²) in [5.41, 5.74) is 1.47. The van der Waals surface area contributed by atoms with Crippen LogP contribution in [0.4, 0.5) is 5.69 Å². The van der Waals surface area contributed by atoms with Gasteiger partial charge in [0.1, 0.15) is 11.4 Å². The van der Waals surface area contributed by atoms with Crippen molar-refractivity contribution in [2.24, 2.45) is 0 Å². The molecule has 0 bridgehead atoms. The van der Waals surface area contributed by atoms with E-state index in [2.05, 4.69) is 20.5 Å². The largest absolute Gasteiger partial charge is 0.322 e. The molecule has 0 atom stereocenters. The van der Waals surface area contributed by atoms with Gasteiger partial charge in [0.25, 0.3) is 5.56 Å². The van der Waals surface area contributed by atoms with Crippen LogP contribution in [-0.4, -0.2) is 25.7 Å². The molecule has 7 nitrogen and oxygen atoms in total. The maximum absolute atomic E-state index is 12.2. The quantitative estimate of drug-likeness (QED) is 0.766. The van der Waals surface area contributed by atoms with Crippen molar-refractivity contribution in [1.82, 2.24) is 19.7 Å². The van der Waals surface area contributed by atoms with Crippen molar-refractivity contribution >= 4 is 33.1 Å². The molecule has 22 heavy (non-hydrogen) atoms. The molecular formula is C14H13N5O2S. The Morgan fingerprint density at radius 1 is 1.50 bits per heavy atom. The summed E-state index contributed by atoms with van der Waals surface area (Å²) in [6, 6.07) is 1.73. The Morgan fingerprint density at radius 3 is 3.18 bits per heavy atom. The lowest BCUT2D eigenvalue weighted by atomic mass is 10.2. The number of H-pyrrole nitrogens is 1. The molecule has 0 aromatic carbocycles. The summed E-state index contributed by atoms with van der Waals surface area (Å²) in [4.78, 5) is 29.3. The van der Waals surface area contributed by atoms with E-state index in [1.807, 2.05) is 5.38 Å². The van der Waals surface area contributed by atoms with E-state index in [1.165, 1.54) is 22.2 Å². The van der Waals surface area contributed by atoms with Crippen molar-refractivity contribution in [2.75, 3.05) is 5.32 Å². The zero-order valence-electron chi connectivity index (χ0n) is 11.6. The van der Waals surface area contributed by atoms with E-state index >= 15 is 0 Å². The van der Waals surface area contributed by atoms with Crippen molar-refractivity contribution in [3.63, 3.8) is 0 Å². The third-order valence-electron chi connectivity index (χ3n) is 3.69. The number of aromatic amines is 1. The molecule has 3 aromatic rings. The van der Waals surface area contributed by atoms with Crippen LogP contribution in [0.25, 0.3) is 10.2 Å². The van der Waals surface area contributed by atoms with Crippen molar-refractivity contribution < 1.29 is 4.79 Å². The molecule has 0 radical (unpaired) electrons. The van der Waals surface area contributed by atoms with Crippen LogP contribution in [-0.2, 0) is 11.3 Å². The highest BCUT2D eigenvalue weighted by molar-refractivity contribution is 7.16. The standard InChI is InChI=1S/C14H13N5O2S/c20-11(17-10-5-16-18-12(10)8-1-2-8)6-19-7-15-13-9(14(19)21)3-4-22-13/h3-5,7-8H,1-2,6H2,(H,16,18)(H,17,20). The zero-order chi connectivity index (χ0) is 15.1. The number of carbonyl (C=O) groups is 1. The number of hydrogen-bond donors (Lipinski definition) is 2. The first kappa shape index (κ1) is 13.2. The Hall–Kier alpha value is -2.48. The highest BCUT2D eigenvalue weighted by atomic mass is 32.1. The molecular weight excluding hydrogens is 302 g/mol. The van der Waals surface area contributed by atoms with Crippen molar-refractivity contribution in [3.8, 4) is 0 Å². The SMILES string of the molecule is O=C(Cn1cnc2sccc2c1=O)Nc1cn[nH]c1C1CC1. The minimum absolute atomic E-state index is 0.0626. The van der Waals surface area contributed by atoms with E-state index < -0.39 is 0 Å². The summed E-state index contributed by atoms with van der Waals surface area (Å²) >= 11 is 1.41. The summed E-state index contributed by atoms with van der Waals surface area (Å²) in [5, 5.41) is 12.1. The Kier molecular flexibility index (Phi) is 3.04. The van der Waals surface area contributed by atoms with E-state index in [1.54, 1.807) is 12.3 Å². The van der Waals surface area contributed by atoms with Gasteiger partial charge in [-0.2, -0.15) is 5.10 Å². The molecule has 3 aromatic heterocycles. The Balaban J connectivity index is 1.54. The van der Waals surface area contributed by atoms with Gasteiger partial charge in [-0.3, -0.25) is 19.3 Å². The highest BCUT2D eigenvalue weighted by Crippen LogP contribution is 2.42. The van der Waals surface area contributed by atoms with Crippen LogP contribution in [0.15, 0.2) is 28.8 Å². The van der Waals surface area contributed by atoms with E-state index in [9.17, 15) is 9.59 Å². The molecule has 0 saturated heterocycles. The summed E-state index contributed by atoms with van der Waals surface area (Å²) < 4.78 is 1.32. The molecule has 0 unspecified atom stereocenters. The number of nitrogens with zero attached hydrogens (tertiary/aromatic N) is 3. The van der Waals surface area contributed by atoms with Gasteiger partial charge < -0.3 is 5.32 Å². The predicted molar refractivity (Wildman–Crippen MR) is 83.1 cm³/mol. The van der Waals surface area contributed by atoms with Crippen LogP contribution in [0.2, 0.25) is 0 Å². The second-order valence-corrected chi connectivity index (χ2v) is 6.23. The van der Waals surface area contributed by atoms with Crippen molar-refractivity contribution in [1.29, 1.82) is 0 Å². The molecule has 8 heteroatoms. The van der Waals surface area contributed by atoms with E-state index in [0.29, 0.717) is 21.8 Å². The van der Waals surface area contributed by atoms with Gasteiger partial charge in [0.2, 0.25) is 5.91 Å². The number of nitrogens with one attached hydrogen (secondary N) is 2. The van der Waals surface area contributed by atoms with Gasteiger partial charge in [-0.15, -0.1) is 11.3 Å². The minimum Gasteiger partial charge on any atom is -0.322 e. The summed E-state index contributed by atoms with van der Waals surface area (Å²) in [6.45, 7) is -0.0626. The third-order valence-corrected chi connectivity index (χ3v) is 4.51. The van der Waals surface area contributed by atoms with E-state index in [0.717, 1.165) is 18.5 Å². The topological polar surface area (TPSA) is 92.7 Å². The number of fused-ring (bicyclic) bond motifs is 1. The molecule has 3 heterocycles. The highest BCUT2D eigenvalue weighted by Gasteiger charge is 2.28. The van der Waals surface area contributed by atoms with E-state index in [4.69, 9.17) is 0 Å². The molecule has 112 valence electrons. The average molecular weight is 315 g/mol. The molecule has 1 amide bonds. The molecule has 1 saturated carbocycles. The van der Waals surface area contributed by atoms with Crippen LogP contribution in [0, 0.1) is 0 Å². The van der Waals surface area contributed by atoms with Gasteiger partial charge in [0.15, 0.2) is 0 Å². The lowest BCUT2D eigenvalue weighted by molar-refractivity contribution is -0.116. The Labute approximate surface area is 129 Å². The molecule has 0 aliphatic heterocycles. The number of aromatic nitrogens is 4. The fraction of sp³-hybridized carbons (Fsp3) is 0.286. The van der Waals surface area contributed by atoms with E-state index in [-0.39, 0.29) is 18.0 Å². The van der Waals surface area contributed by atoms with Gasteiger partial charge in [0, 0.05) is 5.92 Å². The Bertz CT molecular complexity index is 905. The maximum atomic E-state index is 12.2. The molecule has 1 fully saturated rings. The first-order valence-electron chi connectivity index (χ1n) is 6.98. The normalized spacial score (nSPS) is 14.4. The fourth-order valence-corrected chi connectivity index (χ4v) is 3.15. The van der Waals surface area contributed by atoms with Crippen LogP contribution in [0.1, 0.15) is 24.5 Å². The van der Waals surface area contributed by atoms with Crippen molar-refractivity contribution in [2.45, 2.75) is 25.3 Å². The average Bonchev–Trinajstić information content (AvgIpc) is 3.05. The molecule has 0 spiro atoms. The fourth-order valence-electron chi connectivity index (χ4n) is 2.43. The number of anilines is 1. The number of thiophene rings is 1. The molecule has 2 N–H and O–H groups in total. The number of amides is 1. The van der Waals surface area contributed by atoms with Gasteiger partial charge in [-0.1, -0.05) is 0 Å². The number of hydrogen-bond acceptors (Lipinski definition) is 5. The second-order valence-electron chi connectivity index (χ2n) is 5.34. The van der Waals surface area contributed by atoms with Crippen LogP contribution in [0.3, 0.4) is 0 Å². The third kappa shape index (κ3) is 2.31. The van der Waals surface area contributed by atoms with Gasteiger partial charge in [-0.05, 0) is 24.3 Å². The summed E-state index contributed by atoms with van der Waals surface area (Å²) in [5.74, 6) is 0.200. The van der Waals surface area contributed by atoms with Crippen LogP contribution < -0.4 is 10.9 Å². The maximum Gasteiger partial charge on any atom is 0.262 e. The van der Waals surface area contributed by atoms with Gasteiger partial charge in [0.05, 0.1) is 29.3 Å². The first-order chi connectivity index (χ1) is 10.7. The predicted octanol–water partition coefficient (Wildman–Crippen LogP) is 1.70. The van der Waals surface area contributed by atoms with Gasteiger partial charge in [-0.25, -0.2) is 4.98 Å². The van der Waals surface area contributed by atoms with Gasteiger partial charge >= 0.3 is 0 Å². The second kappa shape index (κ2) is 5.06. The van der Waals surface area contributed by atoms with Crippen molar-refractivity contribution in [3.05, 3.63) is 40.0 Å². The van der Waals surface area contributed by atoms with Crippen LogP contribution >= 0.6 is 11.3 Å². The number of carbonyl (C=O) groups excluding carboxylic acids is 1. The summed E-state index contributed by atoms with van der Waals surface area (Å²) in [6.07, 6.45) is 5.25. The monoisotopic (exact) mass is 315 g/mol. The Morgan fingerprint density at radius 2 is 2.36 bits per heavy atom. The molecule has 1 aliphatic carbocycles. The molecule has 4 rings (SSSR count). The lowest BCUT2D eigenvalue weighted by Crippen LogP contribution is -2.27. The zero-order valence-corrected chi connectivity index (χ0v) is 12.4. The minimum atomic E-state index is -0.262. The number of rotatable bonds is 4. The lowest BCUT2D eigenvalue weighted by Gasteiger charge is -2.07. The summed E-state index contributed by atoms with van der Waals surface area (Å²) in [7, 11) is 0. The first-order valence-corrected chi connectivity index (χ1v) is 7.86. The van der Waals surface area contributed by atoms with Crippen LogP contribution in [0.5, 0.6) is 0 Å².